The molecule has 0 amide bonds. The molecule has 0 unspecified atom stereocenters. The van der Waals surface area contributed by atoms with Gasteiger partial charge in [0.05, 0.1) is 17.7 Å². The van der Waals surface area contributed by atoms with Crippen LogP contribution in [0.2, 0.25) is 0 Å². The third-order valence-electron chi connectivity index (χ3n) is 4.58. The SMILES string of the molecule is C=C(OC(=NC)N1CCc2[nH]cnc2[C@@H]1c1cc2c(F)cccn2n1)C(F)F. The Morgan fingerprint density at radius 1 is 1.46 bits per heavy atom. The van der Waals surface area contributed by atoms with Crippen LogP contribution in [0.4, 0.5) is 13.2 Å². The smallest absolute Gasteiger partial charge is 0.294 e. The van der Waals surface area contributed by atoms with Gasteiger partial charge in [-0.05, 0) is 18.2 Å². The molecule has 0 aromatic carbocycles. The first kappa shape index (κ1) is 18.1. The summed E-state index contributed by atoms with van der Waals surface area (Å²) in [7, 11) is 1.44. The molecule has 1 aliphatic rings. The number of alkyl halides is 2. The number of aliphatic imine (C=N–C) groups is 1. The lowest BCUT2D eigenvalue weighted by atomic mass is 10.0. The topological polar surface area (TPSA) is 70.8 Å². The standard InChI is InChI=1S/C18H17F3N6O/c1-10(17(20)21)28-18(22-2)26-7-5-12-15(24-9-23-12)16(26)13-8-14-11(19)4-3-6-27(14)25-13/h3-4,6,8-9,16-17H,1,5,7H2,2H3,(H,23,24)/t16-/m0/s1. The molecule has 3 aromatic heterocycles. The molecule has 0 spiro atoms. The maximum absolute atomic E-state index is 14.1. The molecule has 146 valence electrons. The number of hydrogen-bond donors (Lipinski definition) is 1. The minimum Gasteiger partial charge on any atom is -0.425 e. The second kappa shape index (κ2) is 7.02. The predicted molar refractivity (Wildman–Crippen MR) is 95.6 cm³/mol. The van der Waals surface area contributed by atoms with Crippen LogP contribution in [0.5, 0.6) is 0 Å². The van der Waals surface area contributed by atoms with E-state index in [2.05, 4.69) is 26.6 Å². The van der Waals surface area contributed by atoms with Gasteiger partial charge in [0.1, 0.15) is 17.4 Å². The summed E-state index contributed by atoms with van der Waals surface area (Å²) >= 11 is 0. The summed E-state index contributed by atoms with van der Waals surface area (Å²) < 4.78 is 46.6. The molecule has 0 saturated heterocycles. The zero-order chi connectivity index (χ0) is 19.8. The summed E-state index contributed by atoms with van der Waals surface area (Å²) in [5, 5.41) is 4.46. The van der Waals surface area contributed by atoms with Crippen molar-refractivity contribution in [2.75, 3.05) is 13.6 Å². The van der Waals surface area contributed by atoms with Crippen LogP contribution in [0.15, 0.2) is 48.1 Å². The molecular weight excluding hydrogens is 373 g/mol. The fourth-order valence-corrected chi connectivity index (χ4v) is 3.31. The number of hydrogen-bond acceptors (Lipinski definition) is 4. The van der Waals surface area contributed by atoms with Crippen molar-refractivity contribution in [2.24, 2.45) is 4.99 Å². The number of nitrogens with one attached hydrogen (secondary N) is 1. The van der Waals surface area contributed by atoms with E-state index in [1.807, 2.05) is 0 Å². The van der Waals surface area contributed by atoms with E-state index in [0.717, 1.165) is 5.69 Å². The number of H-pyrrole nitrogens is 1. The molecule has 0 radical (unpaired) electrons. The first-order valence-corrected chi connectivity index (χ1v) is 8.53. The Kier molecular flexibility index (Phi) is 4.54. The van der Waals surface area contributed by atoms with Gasteiger partial charge in [0.2, 0.25) is 0 Å². The highest BCUT2D eigenvalue weighted by molar-refractivity contribution is 5.76. The number of pyridine rings is 1. The van der Waals surface area contributed by atoms with Crippen LogP contribution in [-0.2, 0) is 11.2 Å². The monoisotopic (exact) mass is 390 g/mol. The first-order valence-electron chi connectivity index (χ1n) is 8.53. The number of aromatic nitrogens is 4. The van der Waals surface area contributed by atoms with Crippen LogP contribution >= 0.6 is 0 Å². The Labute approximate surface area is 158 Å². The molecule has 4 heterocycles. The minimum absolute atomic E-state index is 0.0264. The second-order valence-electron chi connectivity index (χ2n) is 6.24. The molecule has 0 fully saturated rings. The van der Waals surface area contributed by atoms with Gasteiger partial charge in [-0.15, -0.1) is 0 Å². The number of imidazole rings is 1. The van der Waals surface area contributed by atoms with E-state index >= 15 is 0 Å². The highest BCUT2D eigenvalue weighted by Gasteiger charge is 2.36. The van der Waals surface area contributed by atoms with E-state index in [-0.39, 0.29) is 6.02 Å². The van der Waals surface area contributed by atoms with Gasteiger partial charge >= 0.3 is 0 Å². The fraction of sp³-hybridized carbons (Fsp3) is 0.278. The second-order valence-corrected chi connectivity index (χ2v) is 6.24. The number of aromatic amines is 1. The molecule has 0 saturated carbocycles. The average Bonchev–Trinajstić information content (AvgIpc) is 3.32. The van der Waals surface area contributed by atoms with Gasteiger partial charge in [0, 0.05) is 31.9 Å². The van der Waals surface area contributed by atoms with E-state index < -0.39 is 24.0 Å². The Hall–Kier alpha value is -3.30. The Morgan fingerprint density at radius 2 is 2.29 bits per heavy atom. The third kappa shape index (κ3) is 3.00. The number of allylic oxidation sites excluding steroid dienone is 1. The lowest BCUT2D eigenvalue weighted by molar-refractivity contribution is 0.120. The molecule has 1 atom stereocenters. The molecule has 0 aliphatic carbocycles. The van der Waals surface area contributed by atoms with Crippen LogP contribution in [0.25, 0.3) is 5.52 Å². The number of rotatable bonds is 3. The first-order chi connectivity index (χ1) is 13.5. The summed E-state index contributed by atoms with van der Waals surface area (Å²) in [6, 6.07) is 3.88. The summed E-state index contributed by atoms with van der Waals surface area (Å²) in [6.45, 7) is 3.66. The van der Waals surface area contributed by atoms with E-state index in [4.69, 9.17) is 4.74 Å². The van der Waals surface area contributed by atoms with Gasteiger partial charge in [0.25, 0.3) is 12.4 Å². The summed E-state index contributed by atoms with van der Waals surface area (Å²) in [5.74, 6) is -1.12. The van der Waals surface area contributed by atoms with Crippen LogP contribution in [0, 0.1) is 5.82 Å². The van der Waals surface area contributed by atoms with Crippen LogP contribution < -0.4 is 0 Å². The van der Waals surface area contributed by atoms with Crippen molar-refractivity contribution in [3.8, 4) is 0 Å². The highest BCUT2D eigenvalue weighted by Crippen LogP contribution is 2.34. The van der Waals surface area contributed by atoms with Gasteiger partial charge in [-0.25, -0.2) is 27.7 Å². The van der Waals surface area contributed by atoms with Crippen molar-refractivity contribution in [2.45, 2.75) is 18.9 Å². The summed E-state index contributed by atoms with van der Waals surface area (Å²) in [5.41, 5.74) is 2.34. The quantitative estimate of drug-likeness (QED) is 0.424. The molecule has 1 aliphatic heterocycles. The van der Waals surface area contributed by atoms with Crippen molar-refractivity contribution in [3.63, 3.8) is 0 Å². The number of halogens is 3. The van der Waals surface area contributed by atoms with Crippen LogP contribution in [0.1, 0.15) is 23.1 Å². The van der Waals surface area contributed by atoms with Crippen molar-refractivity contribution in [1.82, 2.24) is 24.5 Å². The lowest BCUT2D eigenvalue weighted by Gasteiger charge is -2.35. The Bertz CT molecular complexity index is 1060. The van der Waals surface area contributed by atoms with Crippen molar-refractivity contribution >= 4 is 11.5 Å². The number of fused-ring (bicyclic) bond motifs is 2. The molecule has 4 rings (SSSR count). The zero-order valence-electron chi connectivity index (χ0n) is 14.9. The van der Waals surface area contributed by atoms with Crippen molar-refractivity contribution in [3.05, 3.63) is 66.0 Å². The van der Waals surface area contributed by atoms with E-state index in [1.165, 1.54) is 17.6 Å². The number of amidine groups is 1. The average molecular weight is 390 g/mol. The molecule has 3 aromatic rings. The Morgan fingerprint density at radius 3 is 3.00 bits per heavy atom. The third-order valence-corrected chi connectivity index (χ3v) is 4.58. The summed E-state index contributed by atoms with van der Waals surface area (Å²) in [4.78, 5) is 13.1. The molecule has 28 heavy (non-hydrogen) atoms. The molecular formula is C18H17F3N6O. The molecule has 10 heteroatoms. The normalized spacial score (nSPS) is 17.2. The zero-order valence-corrected chi connectivity index (χ0v) is 14.9. The number of nitrogens with zero attached hydrogens (tertiary/aromatic N) is 5. The molecule has 7 nitrogen and oxygen atoms in total. The van der Waals surface area contributed by atoms with E-state index in [9.17, 15) is 13.2 Å². The summed E-state index contributed by atoms with van der Waals surface area (Å²) in [6.07, 6.45) is 0.922. The fourth-order valence-electron chi connectivity index (χ4n) is 3.31. The minimum atomic E-state index is -2.84. The van der Waals surface area contributed by atoms with Crippen molar-refractivity contribution in [1.29, 1.82) is 0 Å². The van der Waals surface area contributed by atoms with Crippen molar-refractivity contribution < 1.29 is 17.9 Å². The molecule has 0 bridgehead atoms. The lowest BCUT2D eigenvalue weighted by Crippen LogP contribution is -2.42. The largest absolute Gasteiger partial charge is 0.425 e. The molecule has 1 N–H and O–H groups in total. The van der Waals surface area contributed by atoms with Gasteiger partial charge < -0.3 is 14.6 Å². The van der Waals surface area contributed by atoms with Crippen LogP contribution in [0.3, 0.4) is 0 Å². The van der Waals surface area contributed by atoms with Gasteiger partial charge in [-0.1, -0.05) is 6.58 Å². The number of ether oxygens (including phenoxy) is 1. The maximum atomic E-state index is 14.1. The predicted octanol–water partition coefficient (Wildman–Crippen LogP) is 2.93. The Balaban J connectivity index is 1.79. The maximum Gasteiger partial charge on any atom is 0.294 e. The van der Waals surface area contributed by atoms with Gasteiger partial charge in [0.15, 0.2) is 5.76 Å². The van der Waals surface area contributed by atoms with Gasteiger partial charge in [-0.2, -0.15) is 5.10 Å². The van der Waals surface area contributed by atoms with E-state index in [0.29, 0.717) is 29.9 Å². The van der Waals surface area contributed by atoms with E-state index in [1.54, 1.807) is 29.6 Å². The van der Waals surface area contributed by atoms with Crippen LogP contribution in [-0.4, -0.2) is 50.5 Å². The highest BCUT2D eigenvalue weighted by atomic mass is 19.3. The van der Waals surface area contributed by atoms with Gasteiger partial charge in [-0.3, -0.25) is 0 Å².